The maximum atomic E-state index is 12.6. The molecule has 2 N–H and O–H groups in total. The normalized spacial score (nSPS) is 13.9. The fraction of sp³-hybridized carbons (Fsp3) is 0.429. The maximum Gasteiger partial charge on any atom is 0.326 e. The summed E-state index contributed by atoms with van der Waals surface area (Å²) in [7, 11) is -1.83. The summed E-state index contributed by atoms with van der Waals surface area (Å²) < 4.78 is 4.13. The van der Waals surface area contributed by atoms with Crippen LogP contribution in [0.2, 0.25) is 0 Å². The highest BCUT2D eigenvalue weighted by Gasteiger charge is 2.29. The van der Waals surface area contributed by atoms with E-state index in [0.717, 1.165) is 16.0 Å². The predicted molar refractivity (Wildman–Crippen MR) is 116 cm³/mol. The number of aliphatic carboxylic acids is 1. The quantitative estimate of drug-likeness (QED) is 0.554. The van der Waals surface area contributed by atoms with Gasteiger partial charge in [0.2, 0.25) is 5.91 Å². The van der Waals surface area contributed by atoms with E-state index in [-0.39, 0.29) is 12.3 Å². The molecule has 0 aliphatic rings. The number of thiophene rings is 1. The number of hydrogen-bond donors (Lipinski definition) is 2. The molecule has 0 fully saturated rings. The number of hydrogen-bond acceptors (Lipinski definition) is 5. The summed E-state index contributed by atoms with van der Waals surface area (Å²) in [6.07, 6.45) is 1.30. The molecule has 0 aliphatic heterocycles. The van der Waals surface area contributed by atoms with Crippen molar-refractivity contribution in [3.63, 3.8) is 0 Å². The Kier molecular flexibility index (Phi) is 8.96. The molecule has 2 aromatic rings. The van der Waals surface area contributed by atoms with Crippen LogP contribution in [0.25, 0.3) is 10.4 Å². The fourth-order valence-electron chi connectivity index (χ4n) is 2.82. The minimum absolute atomic E-state index is 0.164. The predicted octanol–water partition coefficient (Wildman–Crippen LogP) is 3.90. The van der Waals surface area contributed by atoms with E-state index in [4.69, 9.17) is 0 Å². The van der Waals surface area contributed by atoms with Crippen molar-refractivity contribution in [3.05, 3.63) is 47.3 Å². The van der Waals surface area contributed by atoms with E-state index in [1.54, 1.807) is 11.3 Å². The number of carboxylic acids is 1. The number of nitrogens with zero attached hydrogens (tertiary/aromatic N) is 1. The van der Waals surface area contributed by atoms with Gasteiger partial charge in [0, 0.05) is 11.3 Å². The zero-order valence-corrected chi connectivity index (χ0v) is 18.6. The molecule has 1 amide bonds. The number of amides is 1. The largest absolute Gasteiger partial charge is 0.612 e. The molecule has 156 valence electrons. The second kappa shape index (κ2) is 11.2. The van der Waals surface area contributed by atoms with E-state index in [0.29, 0.717) is 12.6 Å². The third-order valence-corrected chi connectivity index (χ3v) is 6.64. The number of carbonyl (C=O) groups is 2. The zero-order chi connectivity index (χ0) is 21.4. The van der Waals surface area contributed by atoms with Crippen LogP contribution in [0.1, 0.15) is 32.8 Å². The van der Waals surface area contributed by atoms with Gasteiger partial charge in [-0.05, 0) is 34.9 Å². The van der Waals surface area contributed by atoms with Crippen molar-refractivity contribution in [1.82, 2.24) is 5.32 Å². The van der Waals surface area contributed by atoms with Crippen LogP contribution >= 0.6 is 19.3 Å². The van der Waals surface area contributed by atoms with E-state index in [1.165, 1.54) is 0 Å². The number of rotatable bonds is 10. The Morgan fingerprint density at radius 2 is 1.93 bits per heavy atom. The van der Waals surface area contributed by atoms with Gasteiger partial charge in [-0.25, -0.2) is 4.79 Å². The third-order valence-electron chi connectivity index (χ3n) is 4.38. The lowest BCUT2D eigenvalue weighted by atomic mass is 10.0. The minimum atomic E-state index is -1.83. The summed E-state index contributed by atoms with van der Waals surface area (Å²) in [5.74, 6) is -1.78. The molecular weight excluding hydrogens is 407 g/mol. The van der Waals surface area contributed by atoms with Crippen molar-refractivity contribution < 1.29 is 19.6 Å². The molecule has 3 atom stereocenters. The molecule has 1 aromatic carbocycles. The number of benzene rings is 1. The topological polar surface area (TPSA) is 102 Å². The second-order valence-electron chi connectivity index (χ2n) is 7.16. The van der Waals surface area contributed by atoms with E-state index in [1.807, 2.05) is 62.5 Å². The van der Waals surface area contributed by atoms with Crippen LogP contribution in [0.5, 0.6) is 0 Å². The summed E-state index contributed by atoms with van der Waals surface area (Å²) in [4.78, 5) is 37.5. The lowest BCUT2D eigenvalue weighted by molar-refractivity contribution is -0.156. The van der Waals surface area contributed by atoms with Crippen LogP contribution in [0.15, 0.2) is 46.5 Å². The minimum Gasteiger partial charge on any atom is -0.612 e. The summed E-state index contributed by atoms with van der Waals surface area (Å²) >= 11 is 1.64. The highest BCUT2D eigenvalue weighted by atomic mass is 32.1. The Balaban J connectivity index is 2.09. The molecule has 1 aromatic heterocycles. The van der Waals surface area contributed by atoms with Crippen molar-refractivity contribution in [1.29, 1.82) is 0 Å². The fourth-order valence-corrected chi connectivity index (χ4v) is 4.70. The first-order valence-corrected chi connectivity index (χ1v) is 11.9. The van der Waals surface area contributed by atoms with Crippen molar-refractivity contribution in [2.45, 2.75) is 45.7 Å². The highest BCUT2D eigenvalue weighted by Crippen LogP contribution is 2.25. The van der Waals surface area contributed by atoms with Gasteiger partial charge in [-0.3, -0.25) is 4.79 Å². The van der Waals surface area contributed by atoms with Crippen molar-refractivity contribution >= 4 is 31.2 Å². The Labute approximate surface area is 176 Å². The smallest absolute Gasteiger partial charge is 0.326 e. The molecule has 0 radical (unpaired) electrons. The monoisotopic (exact) mass is 434 g/mol. The van der Waals surface area contributed by atoms with Crippen LogP contribution in [-0.2, 0) is 16.0 Å². The number of carboxylic acid groups (broad SMARTS) is 1. The van der Waals surface area contributed by atoms with E-state index in [2.05, 4.69) is 10.1 Å². The first-order chi connectivity index (χ1) is 13.8. The SMILES string of the molecule is CCC[P+]([O-])=N[C@H](C(=O)N[C@@H](Cc1ccc(-c2cccs2)cc1)C(=O)O)C(C)C. The Morgan fingerprint density at radius 1 is 1.24 bits per heavy atom. The van der Waals surface area contributed by atoms with E-state index in [9.17, 15) is 19.6 Å². The molecule has 0 aliphatic carbocycles. The lowest BCUT2D eigenvalue weighted by Gasteiger charge is -2.19. The first kappa shape index (κ1) is 23.2. The van der Waals surface area contributed by atoms with Gasteiger partial charge in [-0.2, -0.15) is 0 Å². The van der Waals surface area contributed by atoms with Gasteiger partial charge in [0.1, 0.15) is 12.2 Å². The van der Waals surface area contributed by atoms with Crippen LogP contribution in [-0.4, -0.2) is 35.2 Å². The van der Waals surface area contributed by atoms with Gasteiger partial charge >= 0.3 is 5.97 Å². The highest BCUT2D eigenvalue weighted by molar-refractivity contribution is 7.39. The third kappa shape index (κ3) is 7.03. The van der Waals surface area contributed by atoms with Crippen LogP contribution in [0.4, 0.5) is 0 Å². The Bertz CT molecular complexity index is 835. The molecule has 29 heavy (non-hydrogen) atoms. The van der Waals surface area contributed by atoms with Crippen LogP contribution in [0, 0.1) is 5.92 Å². The molecule has 6 nitrogen and oxygen atoms in total. The number of nitrogens with one attached hydrogen (secondary N) is 1. The summed E-state index contributed by atoms with van der Waals surface area (Å²) in [6, 6.07) is 9.75. The maximum absolute atomic E-state index is 12.6. The van der Waals surface area contributed by atoms with Gasteiger partial charge in [0.15, 0.2) is 14.0 Å². The Morgan fingerprint density at radius 3 is 2.45 bits per heavy atom. The number of carbonyl (C=O) groups excluding carboxylic acids is 1. The van der Waals surface area contributed by atoms with Gasteiger partial charge < -0.3 is 15.3 Å². The first-order valence-electron chi connectivity index (χ1n) is 9.63. The van der Waals surface area contributed by atoms with Crippen molar-refractivity contribution in [3.8, 4) is 10.4 Å². The molecule has 0 spiro atoms. The molecule has 1 unspecified atom stereocenters. The molecule has 0 saturated heterocycles. The van der Waals surface area contributed by atoms with Gasteiger partial charge in [-0.1, -0.05) is 51.1 Å². The lowest BCUT2D eigenvalue weighted by Crippen LogP contribution is -2.47. The standard InChI is InChI=1S/C21H27N2O4PS/c1-4-11-28(27)23-19(14(2)3)20(24)22-17(21(25)26)13-15-7-9-16(10-8-15)18-6-5-12-29-18/h5-10,12,14,17,19H,4,11,13H2,1-3H3,(H,22,24)(H,25,26)/t17-,19-/m0/s1. The molecule has 8 heteroatoms. The molecule has 0 saturated carbocycles. The van der Waals surface area contributed by atoms with Crippen LogP contribution < -0.4 is 10.2 Å². The second-order valence-corrected chi connectivity index (χ2v) is 9.49. The Hall–Kier alpha value is -2.08. The van der Waals surface area contributed by atoms with Gasteiger partial charge in [0.25, 0.3) is 0 Å². The molecule has 1 heterocycles. The summed E-state index contributed by atoms with van der Waals surface area (Å²) in [6.45, 7) is 5.52. The average molecular weight is 434 g/mol. The molecule has 2 rings (SSSR count). The average Bonchev–Trinajstić information content (AvgIpc) is 3.20. The summed E-state index contributed by atoms with van der Waals surface area (Å²) in [5.41, 5.74) is 1.88. The van der Waals surface area contributed by atoms with E-state index < -0.39 is 31.9 Å². The zero-order valence-electron chi connectivity index (χ0n) is 16.9. The van der Waals surface area contributed by atoms with Crippen LogP contribution in [0.3, 0.4) is 0 Å². The van der Waals surface area contributed by atoms with E-state index >= 15 is 0 Å². The van der Waals surface area contributed by atoms with Gasteiger partial charge in [0.05, 0.1) is 0 Å². The molecule has 0 bridgehead atoms. The van der Waals surface area contributed by atoms with Crippen molar-refractivity contribution in [2.75, 3.05) is 6.16 Å². The van der Waals surface area contributed by atoms with Gasteiger partial charge in [-0.15, -0.1) is 16.1 Å². The summed E-state index contributed by atoms with van der Waals surface area (Å²) in [5, 5.41) is 14.2. The van der Waals surface area contributed by atoms with Crippen molar-refractivity contribution in [2.24, 2.45) is 10.7 Å². The molecular formula is C21H27N2O4PS.